The molecule has 0 aliphatic rings. The van der Waals surface area contributed by atoms with Gasteiger partial charge in [-0.05, 0) is 34.1 Å². The molecule has 0 spiro atoms. The summed E-state index contributed by atoms with van der Waals surface area (Å²) in [6.45, 7) is 0. The van der Waals surface area contributed by atoms with Crippen molar-refractivity contribution in [1.82, 2.24) is 4.98 Å². The average molecular weight is 282 g/mol. The molecule has 15 heavy (non-hydrogen) atoms. The Morgan fingerprint density at radius 2 is 1.87 bits per heavy atom. The van der Waals surface area contributed by atoms with Crippen LogP contribution in [0.5, 0.6) is 0 Å². The largest absolute Gasteiger partial charge is 0.432 e. The fraction of sp³-hybridized carbons (Fsp3) is 0.111. The number of rotatable bonds is 0. The molecule has 0 radical (unpaired) electrons. The van der Waals surface area contributed by atoms with Crippen LogP contribution in [0.15, 0.2) is 22.7 Å². The van der Waals surface area contributed by atoms with Crippen LogP contribution in [0.4, 0.5) is 17.6 Å². The van der Waals surface area contributed by atoms with Gasteiger partial charge in [0.2, 0.25) is 0 Å². The molecule has 0 saturated carbocycles. The lowest BCUT2D eigenvalue weighted by Gasteiger charge is -2.03. The smallest absolute Gasteiger partial charge is 0.350 e. The minimum Gasteiger partial charge on any atom is -0.350 e. The fourth-order valence-electron chi connectivity index (χ4n) is 1.33. The van der Waals surface area contributed by atoms with E-state index in [0.29, 0.717) is 5.39 Å². The zero-order valence-electron chi connectivity index (χ0n) is 7.12. The molecule has 1 nitrogen and oxygen atoms in total. The van der Waals surface area contributed by atoms with E-state index >= 15 is 0 Å². The number of aromatic nitrogens is 1. The summed E-state index contributed by atoms with van der Waals surface area (Å²) < 4.78 is 50.0. The summed E-state index contributed by atoms with van der Waals surface area (Å²) >= 11 is 2.84. The van der Waals surface area contributed by atoms with E-state index in [2.05, 4.69) is 20.9 Å². The number of aromatic amines is 1. The van der Waals surface area contributed by atoms with Crippen LogP contribution in [0, 0.1) is 5.82 Å². The Kier molecular flexibility index (Phi) is 2.26. The van der Waals surface area contributed by atoms with Crippen molar-refractivity contribution >= 4 is 26.8 Å². The standard InChI is InChI=1S/C9H4BrF4N/c10-7-5-2-1-4(11)3-6(5)15-8(7)9(12,13)14/h1-3,15H. The van der Waals surface area contributed by atoms with Crippen molar-refractivity contribution in [1.29, 1.82) is 0 Å². The van der Waals surface area contributed by atoms with E-state index < -0.39 is 17.7 Å². The Morgan fingerprint density at radius 1 is 1.20 bits per heavy atom. The summed E-state index contributed by atoms with van der Waals surface area (Å²) in [7, 11) is 0. The monoisotopic (exact) mass is 281 g/mol. The van der Waals surface area contributed by atoms with Gasteiger partial charge in [0.05, 0.1) is 4.47 Å². The van der Waals surface area contributed by atoms with E-state index in [4.69, 9.17) is 0 Å². The Labute approximate surface area is 90.2 Å². The SMILES string of the molecule is Fc1ccc2c(Br)c(C(F)(F)F)[nH]c2c1. The molecule has 2 aromatic rings. The van der Waals surface area contributed by atoms with Gasteiger partial charge < -0.3 is 4.98 Å². The molecule has 0 aliphatic heterocycles. The highest BCUT2D eigenvalue weighted by Crippen LogP contribution is 2.38. The molecular weight excluding hydrogens is 278 g/mol. The van der Waals surface area contributed by atoms with Crippen LogP contribution >= 0.6 is 15.9 Å². The summed E-state index contributed by atoms with van der Waals surface area (Å²) in [4.78, 5) is 2.13. The van der Waals surface area contributed by atoms with Crippen molar-refractivity contribution in [2.24, 2.45) is 0 Å². The summed E-state index contributed by atoms with van der Waals surface area (Å²) in [6, 6.07) is 3.43. The van der Waals surface area contributed by atoms with Crippen LogP contribution in [-0.2, 0) is 6.18 Å². The van der Waals surface area contributed by atoms with Crippen molar-refractivity contribution < 1.29 is 17.6 Å². The lowest BCUT2D eigenvalue weighted by Crippen LogP contribution is -2.05. The summed E-state index contributed by atoms with van der Waals surface area (Å²) in [5, 5.41) is 0.309. The minimum absolute atomic E-state index is 0.0926. The molecular formula is C9H4BrF4N. The molecule has 6 heteroatoms. The van der Waals surface area contributed by atoms with Crippen molar-refractivity contribution in [3.63, 3.8) is 0 Å². The van der Waals surface area contributed by atoms with Crippen molar-refractivity contribution in [3.05, 3.63) is 34.2 Å². The minimum atomic E-state index is -4.48. The van der Waals surface area contributed by atoms with Crippen molar-refractivity contribution in [3.8, 4) is 0 Å². The lowest BCUT2D eigenvalue weighted by atomic mass is 10.2. The third-order valence-electron chi connectivity index (χ3n) is 1.98. The Hall–Kier alpha value is -1.04. The molecule has 0 saturated heterocycles. The number of hydrogen-bond donors (Lipinski definition) is 1. The first-order chi connectivity index (χ1) is 6.89. The molecule has 80 valence electrons. The van der Waals surface area contributed by atoms with E-state index in [9.17, 15) is 17.6 Å². The third kappa shape index (κ3) is 1.73. The highest BCUT2D eigenvalue weighted by molar-refractivity contribution is 9.10. The molecule has 1 N–H and O–H groups in total. The second kappa shape index (κ2) is 3.23. The molecule has 1 aromatic carbocycles. The topological polar surface area (TPSA) is 15.8 Å². The average Bonchev–Trinajstić information content (AvgIpc) is 2.42. The first-order valence-electron chi connectivity index (χ1n) is 3.93. The Bertz CT molecular complexity index is 515. The normalized spacial score (nSPS) is 12.3. The zero-order chi connectivity index (χ0) is 11.2. The van der Waals surface area contributed by atoms with E-state index in [1.54, 1.807) is 0 Å². The van der Waals surface area contributed by atoms with Crippen LogP contribution in [0.3, 0.4) is 0 Å². The van der Waals surface area contributed by atoms with Crippen LogP contribution in [0.2, 0.25) is 0 Å². The number of nitrogens with one attached hydrogen (secondary N) is 1. The van der Waals surface area contributed by atoms with E-state index in [-0.39, 0.29) is 9.99 Å². The van der Waals surface area contributed by atoms with Gasteiger partial charge in [0.25, 0.3) is 0 Å². The van der Waals surface area contributed by atoms with E-state index in [1.807, 2.05) is 0 Å². The zero-order valence-corrected chi connectivity index (χ0v) is 8.71. The van der Waals surface area contributed by atoms with Gasteiger partial charge >= 0.3 is 6.18 Å². The van der Waals surface area contributed by atoms with Crippen molar-refractivity contribution in [2.75, 3.05) is 0 Å². The number of fused-ring (bicyclic) bond motifs is 1. The maximum atomic E-state index is 12.8. The molecule has 0 aliphatic carbocycles. The van der Waals surface area contributed by atoms with Crippen LogP contribution in [0.1, 0.15) is 5.69 Å². The maximum Gasteiger partial charge on any atom is 0.432 e. The Morgan fingerprint density at radius 3 is 2.47 bits per heavy atom. The van der Waals surface area contributed by atoms with Gasteiger partial charge in [0, 0.05) is 10.9 Å². The predicted octanol–water partition coefficient (Wildman–Crippen LogP) is 4.09. The predicted molar refractivity (Wildman–Crippen MR) is 51.0 cm³/mol. The summed E-state index contributed by atoms with van der Waals surface area (Å²) in [6.07, 6.45) is -4.48. The molecule has 0 atom stereocenters. The molecule has 1 heterocycles. The molecule has 1 aromatic heterocycles. The number of benzene rings is 1. The summed E-state index contributed by atoms with van der Waals surface area (Å²) in [5.74, 6) is -0.579. The quantitative estimate of drug-likeness (QED) is 0.700. The number of H-pyrrole nitrogens is 1. The van der Waals surface area contributed by atoms with E-state index in [1.165, 1.54) is 6.07 Å². The second-order valence-corrected chi connectivity index (χ2v) is 3.79. The van der Waals surface area contributed by atoms with E-state index in [0.717, 1.165) is 12.1 Å². The summed E-state index contributed by atoms with van der Waals surface area (Å²) in [5.41, 5.74) is -0.780. The molecule has 0 unspecified atom stereocenters. The van der Waals surface area contributed by atoms with Crippen LogP contribution in [0.25, 0.3) is 10.9 Å². The van der Waals surface area contributed by atoms with Gasteiger partial charge in [0.15, 0.2) is 0 Å². The number of hydrogen-bond acceptors (Lipinski definition) is 0. The lowest BCUT2D eigenvalue weighted by molar-refractivity contribution is -0.141. The Balaban J connectivity index is 2.75. The second-order valence-electron chi connectivity index (χ2n) is 3.00. The first-order valence-corrected chi connectivity index (χ1v) is 4.73. The van der Waals surface area contributed by atoms with Gasteiger partial charge in [-0.2, -0.15) is 13.2 Å². The van der Waals surface area contributed by atoms with Gasteiger partial charge in [-0.25, -0.2) is 4.39 Å². The molecule has 2 rings (SSSR count). The molecule has 0 fully saturated rings. The van der Waals surface area contributed by atoms with Crippen LogP contribution in [-0.4, -0.2) is 4.98 Å². The highest BCUT2D eigenvalue weighted by Gasteiger charge is 2.35. The van der Waals surface area contributed by atoms with Gasteiger partial charge in [-0.1, -0.05) is 0 Å². The van der Waals surface area contributed by atoms with Gasteiger partial charge in [-0.15, -0.1) is 0 Å². The third-order valence-corrected chi connectivity index (χ3v) is 2.80. The van der Waals surface area contributed by atoms with Crippen molar-refractivity contribution in [2.45, 2.75) is 6.18 Å². The number of alkyl halides is 3. The maximum absolute atomic E-state index is 12.8. The van der Waals surface area contributed by atoms with Gasteiger partial charge in [0.1, 0.15) is 11.5 Å². The number of halogens is 5. The van der Waals surface area contributed by atoms with Crippen LogP contribution < -0.4 is 0 Å². The highest BCUT2D eigenvalue weighted by atomic mass is 79.9. The molecule has 0 amide bonds. The fourth-order valence-corrected chi connectivity index (χ4v) is 2.00. The van der Waals surface area contributed by atoms with Gasteiger partial charge in [-0.3, -0.25) is 0 Å². The first kappa shape index (κ1) is 10.5. The molecule has 0 bridgehead atoms.